The number of carbonyl (C=O) groups excluding carboxylic acids is 1. The second-order valence-corrected chi connectivity index (χ2v) is 6.99. The molecule has 1 aliphatic rings. The predicted octanol–water partition coefficient (Wildman–Crippen LogP) is 0.342. The summed E-state index contributed by atoms with van der Waals surface area (Å²) in [6.45, 7) is 4.52. The van der Waals surface area contributed by atoms with Gasteiger partial charge in [-0.15, -0.1) is 0 Å². The van der Waals surface area contributed by atoms with Gasteiger partial charge in [-0.2, -0.15) is 4.31 Å². The fourth-order valence-electron chi connectivity index (χ4n) is 2.34. The van der Waals surface area contributed by atoms with Crippen molar-refractivity contribution in [2.24, 2.45) is 0 Å². The third-order valence-corrected chi connectivity index (χ3v) is 5.21. The first-order valence-corrected chi connectivity index (χ1v) is 8.32. The van der Waals surface area contributed by atoms with Crippen molar-refractivity contribution < 1.29 is 17.9 Å². The number of ether oxygens (including phenoxy) is 1. The molecule has 6 nitrogen and oxygen atoms in total. The van der Waals surface area contributed by atoms with Crippen LogP contribution in [0.3, 0.4) is 0 Å². The number of sulfonamides is 1. The van der Waals surface area contributed by atoms with Crippen LogP contribution in [0.25, 0.3) is 0 Å². The van der Waals surface area contributed by atoms with Gasteiger partial charge in [0.15, 0.2) is 0 Å². The summed E-state index contributed by atoms with van der Waals surface area (Å²) in [5, 5.41) is 2.80. The largest absolute Gasteiger partial charge is 0.383 e. The van der Waals surface area contributed by atoms with Crippen LogP contribution in [0.4, 0.5) is 0 Å². The SMILES string of the molecule is CCCS(=O)(=O)N1CCCC1C(=O)NC(C)COC. The summed E-state index contributed by atoms with van der Waals surface area (Å²) in [6, 6.07) is -0.676. The lowest BCUT2D eigenvalue weighted by molar-refractivity contribution is -0.125. The average molecular weight is 292 g/mol. The Labute approximate surface area is 115 Å². The molecule has 1 aliphatic heterocycles. The number of nitrogens with one attached hydrogen (secondary N) is 1. The molecule has 0 aromatic rings. The Hall–Kier alpha value is -0.660. The first-order chi connectivity index (χ1) is 8.92. The minimum atomic E-state index is -3.31. The van der Waals surface area contributed by atoms with Gasteiger partial charge in [-0.25, -0.2) is 8.42 Å². The first kappa shape index (κ1) is 16.4. The summed E-state index contributed by atoms with van der Waals surface area (Å²) in [5.41, 5.74) is 0. The van der Waals surface area contributed by atoms with E-state index < -0.39 is 16.1 Å². The molecular formula is C12H24N2O4S. The van der Waals surface area contributed by atoms with Gasteiger partial charge in [-0.05, 0) is 26.2 Å². The maximum Gasteiger partial charge on any atom is 0.238 e. The van der Waals surface area contributed by atoms with Gasteiger partial charge < -0.3 is 10.1 Å². The van der Waals surface area contributed by atoms with Gasteiger partial charge in [0.05, 0.1) is 12.4 Å². The van der Waals surface area contributed by atoms with Crippen molar-refractivity contribution in [3.8, 4) is 0 Å². The number of hydrogen-bond acceptors (Lipinski definition) is 4. The Kier molecular flexibility index (Phi) is 6.22. The molecule has 0 aromatic carbocycles. The number of methoxy groups -OCH3 is 1. The lowest BCUT2D eigenvalue weighted by Crippen LogP contribution is -2.49. The van der Waals surface area contributed by atoms with Gasteiger partial charge in [0, 0.05) is 19.7 Å². The zero-order chi connectivity index (χ0) is 14.5. The Morgan fingerprint density at radius 2 is 2.21 bits per heavy atom. The molecule has 0 bridgehead atoms. The summed E-state index contributed by atoms with van der Waals surface area (Å²) in [5.74, 6) is -0.119. The van der Waals surface area contributed by atoms with Crippen LogP contribution in [-0.2, 0) is 19.6 Å². The van der Waals surface area contributed by atoms with E-state index in [4.69, 9.17) is 4.74 Å². The molecule has 0 saturated carbocycles. The van der Waals surface area contributed by atoms with Gasteiger partial charge in [0.25, 0.3) is 0 Å². The normalized spacial score (nSPS) is 22.4. The molecule has 2 unspecified atom stereocenters. The fraction of sp³-hybridized carbons (Fsp3) is 0.917. The van der Waals surface area contributed by atoms with Crippen molar-refractivity contribution in [2.75, 3.05) is 26.0 Å². The maximum absolute atomic E-state index is 12.1. The molecule has 7 heteroatoms. The zero-order valence-electron chi connectivity index (χ0n) is 11.9. The Balaban J connectivity index is 2.68. The third-order valence-electron chi connectivity index (χ3n) is 3.13. The van der Waals surface area contributed by atoms with Crippen LogP contribution < -0.4 is 5.32 Å². The summed E-state index contributed by atoms with van der Waals surface area (Å²) in [7, 11) is -1.75. The molecule has 112 valence electrons. The molecule has 1 saturated heterocycles. The van der Waals surface area contributed by atoms with E-state index in [1.54, 1.807) is 7.11 Å². The van der Waals surface area contributed by atoms with Crippen molar-refractivity contribution in [1.29, 1.82) is 0 Å². The van der Waals surface area contributed by atoms with E-state index in [9.17, 15) is 13.2 Å². The molecule has 0 aromatic heterocycles. The van der Waals surface area contributed by atoms with E-state index in [2.05, 4.69) is 5.32 Å². The average Bonchev–Trinajstić information content (AvgIpc) is 2.78. The summed E-state index contributed by atoms with van der Waals surface area (Å²) in [6.07, 6.45) is 1.89. The van der Waals surface area contributed by atoms with Crippen LogP contribution in [-0.4, -0.2) is 56.7 Å². The zero-order valence-corrected chi connectivity index (χ0v) is 12.7. The number of amides is 1. The van der Waals surface area contributed by atoms with Crippen molar-refractivity contribution in [3.63, 3.8) is 0 Å². The van der Waals surface area contributed by atoms with E-state index in [1.807, 2.05) is 13.8 Å². The quantitative estimate of drug-likeness (QED) is 0.734. The second kappa shape index (κ2) is 7.21. The molecule has 0 aliphatic carbocycles. The van der Waals surface area contributed by atoms with E-state index >= 15 is 0 Å². The van der Waals surface area contributed by atoms with Crippen LogP contribution in [0.5, 0.6) is 0 Å². The summed E-state index contributed by atoms with van der Waals surface area (Å²) in [4.78, 5) is 12.1. The number of carbonyl (C=O) groups is 1. The number of rotatable bonds is 7. The van der Waals surface area contributed by atoms with Crippen LogP contribution >= 0.6 is 0 Å². The van der Waals surface area contributed by atoms with Crippen molar-refractivity contribution >= 4 is 15.9 Å². The third kappa shape index (κ3) is 4.43. The van der Waals surface area contributed by atoms with Crippen LogP contribution in [0, 0.1) is 0 Å². The molecular weight excluding hydrogens is 268 g/mol. The van der Waals surface area contributed by atoms with E-state index in [0.29, 0.717) is 26.0 Å². The van der Waals surface area contributed by atoms with Crippen molar-refractivity contribution in [2.45, 2.75) is 45.2 Å². The van der Waals surface area contributed by atoms with E-state index in [-0.39, 0.29) is 17.7 Å². The Morgan fingerprint density at radius 3 is 2.79 bits per heavy atom. The van der Waals surface area contributed by atoms with Crippen LogP contribution in [0.15, 0.2) is 0 Å². The lowest BCUT2D eigenvalue weighted by atomic mass is 10.2. The van der Waals surface area contributed by atoms with Gasteiger partial charge in [-0.1, -0.05) is 6.92 Å². The maximum atomic E-state index is 12.1. The van der Waals surface area contributed by atoms with Gasteiger partial charge in [-0.3, -0.25) is 4.79 Å². The van der Waals surface area contributed by atoms with E-state index in [1.165, 1.54) is 4.31 Å². The molecule has 19 heavy (non-hydrogen) atoms. The van der Waals surface area contributed by atoms with Crippen LogP contribution in [0.1, 0.15) is 33.1 Å². The number of hydrogen-bond donors (Lipinski definition) is 1. The standard InChI is InChI=1S/C12H24N2O4S/c1-4-8-19(16,17)14-7-5-6-11(14)12(15)13-10(2)9-18-3/h10-11H,4-9H2,1-3H3,(H,13,15). The minimum absolute atomic E-state index is 0.102. The fourth-order valence-corrected chi connectivity index (χ4v) is 4.09. The summed E-state index contributed by atoms with van der Waals surface area (Å²) >= 11 is 0. The molecule has 1 fully saturated rings. The molecule has 1 N–H and O–H groups in total. The highest BCUT2D eigenvalue weighted by Gasteiger charge is 2.38. The molecule has 0 spiro atoms. The Morgan fingerprint density at radius 1 is 1.53 bits per heavy atom. The molecule has 1 heterocycles. The highest BCUT2D eigenvalue weighted by atomic mass is 32.2. The van der Waals surface area contributed by atoms with Crippen molar-refractivity contribution in [1.82, 2.24) is 9.62 Å². The highest BCUT2D eigenvalue weighted by molar-refractivity contribution is 7.89. The Bertz CT molecular complexity index is 397. The minimum Gasteiger partial charge on any atom is -0.383 e. The predicted molar refractivity (Wildman–Crippen MR) is 73.3 cm³/mol. The smallest absolute Gasteiger partial charge is 0.238 e. The first-order valence-electron chi connectivity index (χ1n) is 6.71. The topological polar surface area (TPSA) is 75.7 Å². The molecule has 1 amide bonds. The molecule has 0 radical (unpaired) electrons. The highest BCUT2D eigenvalue weighted by Crippen LogP contribution is 2.22. The van der Waals surface area contributed by atoms with Gasteiger partial charge in [0.1, 0.15) is 6.04 Å². The van der Waals surface area contributed by atoms with Crippen LogP contribution in [0.2, 0.25) is 0 Å². The lowest BCUT2D eigenvalue weighted by Gasteiger charge is -2.24. The summed E-state index contributed by atoms with van der Waals surface area (Å²) < 4.78 is 30.5. The second-order valence-electron chi connectivity index (χ2n) is 4.95. The molecule has 2 atom stereocenters. The van der Waals surface area contributed by atoms with Gasteiger partial charge >= 0.3 is 0 Å². The van der Waals surface area contributed by atoms with Crippen molar-refractivity contribution in [3.05, 3.63) is 0 Å². The monoisotopic (exact) mass is 292 g/mol. The number of nitrogens with zero attached hydrogens (tertiary/aromatic N) is 1. The van der Waals surface area contributed by atoms with Gasteiger partial charge in [0.2, 0.25) is 15.9 Å². The van der Waals surface area contributed by atoms with E-state index in [0.717, 1.165) is 6.42 Å². The molecule has 1 rings (SSSR count).